The number of rotatable bonds is 6. The van der Waals surface area contributed by atoms with Crippen molar-refractivity contribution in [2.75, 3.05) is 6.54 Å². The van der Waals surface area contributed by atoms with E-state index < -0.39 is 0 Å². The van der Waals surface area contributed by atoms with E-state index in [0.717, 1.165) is 47.2 Å². The molecule has 1 aromatic rings. The maximum absolute atomic E-state index is 13.5. The van der Waals surface area contributed by atoms with Gasteiger partial charge in [0, 0.05) is 10.5 Å². The Balaban J connectivity index is 1.71. The van der Waals surface area contributed by atoms with Crippen molar-refractivity contribution in [1.29, 1.82) is 0 Å². The van der Waals surface area contributed by atoms with Crippen LogP contribution < -0.4 is 5.32 Å². The molecule has 0 amide bonds. The second kappa shape index (κ2) is 6.15. The van der Waals surface area contributed by atoms with E-state index >= 15 is 0 Å². The summed E-state index contributed by atoms with van der Waals surface area (Å²) in [4.78, 5) is 0. The summed E-state index contributed by atoms with van der Waals surface area (Å²) in [6.45, 7) is 3.27. The second-order valence-electron chi connectivity index (χ2n) is 6.34. The minimum atomic E-state index is -0.131. The van der Waals surface area contributed by atoms with Crippen LogP contribution in [0.3, 0.4) is 0 Å². The molecule has 0 spiro atoms. The van der Waals surface area contributed by atoms with Crippen LogP contribution in [0.1, 0.15) is 38.2 Å². The van der Waals surface area contributed by atoms with E-state index in [-0.39, 0.29) is 5.82 Å². The van der Waals surface area contributed by atoms with Gasteiger partial charge in [-0.3, -0.25) is 0 Å². The molecule has 110 valence electrons. The molecule has 0 saturated heterocycles. The Morgan fingerprint density at radius 3 is 2.80 bits per heavy atom. The molecule has 0 bridgehead atoms. The monoisotopic (exact) mass is 339 g/mol. The van der Waals surface area contributed by atoms with Crippen molar-refractivity contribution in [2.45, 2.75) is 45.1 Å². The minimum Gasteiger partial charge on any atom is -0.313 e. The predicted molar refractivity (Wildman–Crippen MR) is 84.2 cm³/mol. The van der Waals surface area contributed by atoms with Gasteiger partial charge in [-0.15, -0.1) is 0 Å². The fourth-order valence-corrected chi connectivity index (χ4v) is 4.49. The van der Waals surface area contributed by atoms with Crippen molar-refractivity contribution in [3.05, 3.63) is 34.1 Å². The molecule has 3 unspecified atom stereocenters. The molecule has 0 aromatic heterocycles. The summed E-state index contributed by atoms with van der Waals surface area (Å²) in [6.07, 6.45) is 6.32. The molecule has 2 aliphatic carbocycles. The average Bonchev–Trinajstić information content (AvgIpc) is 2.91. The minimum absolute atomic E-state index is 0.131. The zero-order chi connectivity index (χ0) is 14.1. The van der Waals surface area contributed by atoms with E-state index in [2.05, 4.69) is 28.2 Å². The summed E-state index contributed by atoms with van der Waals surface area (Å²) in [5.41, 5.74) is 1.10. The Kier molecular flexibility index (Phi) is 4.46. The number of fused-ring (bicyclic) bond motifs is 1. The van der Waals surface area contributed by atoms with E-state index in [1.54, 1.807) is 6.07 Å². The molecule has 1 nitrogen and oxygen atoms in total. The highest BCUT2D eigenvalue weighted by Gasteiger charge is 2.55. The largest absolute Gasteiger partial charge is 0.313 e. The number of benzene rings is 1. The third-order valence-electron chi connectivity index (χ3n) is 5.04. The second-order valence-corrected chi connectivity index (χ2v) is 7.19. The molecular formula is C17H23BrFN. The number of hydrogen-bond donors (Lipinski definition) is 1. The first-order chi connectivity index (χ1) is 9.70. The van der Waals surface area contributed by atoms with Gasteiger partial charge in [-0.2, -0.15) is 0 Å². The van der Waals surface area contributed by atoms with Crippen molar-refractivity contribution in [3.63, 3.8) is 0 Å². The average molecular weight is 340 g/mol. The smallest absolute Gasteiger partial charge is 0.123 e. The van der Waals surface area contributed by atoms with Crippen LogP contribution >= 0.6 is 15.9 Å². The van der Waals surface area contributed by atoms with Crippen molar-refractivity contribution in [3.8, 4) is 0 Å². The van der Waals surface area contributed by atoms with E-state index in [4.69, 9.17) is 0 Å². The third-order valence-corrected chi connectivity index (χ3v) is 5.82. The number of halogens is 2. The first kappa shape index (κ1) is 14.5. The van der Waals surface area contributed by atoms with Gasteiger partial charge in [-0.05, 0) is 73.7 Å². The van der Waals surface area contributed by atoms with Crippen molar-refractivity contribution in [1.82, 2.24) is 5.32 Å². The molecule has 20 heavy (non-hydrogen) atoms. The summed E-state index contributed by atoms with van der Waals surface area (Å²) >= 11 is 3.56. The van der Waals surface area contributed by atoms with Crippen LogP contribution in [0.2, 0.25) is 0 Å². The van der Waals surface area contributed by atoms with E-state index in [1.165, 1.54) is 25.3 Å². The predicted octanol–water partition coefficient (Wildman–Crippen LogP) is 4.55. The van der Waals surface area contributed by atoms with Gasteiger partial charge in [-0.25, -0.2) is 4.39 Å². The molecule has 2 fully saturated rings. The molecule has 2 aliphatic rings. The molecular weight excluding hydrogens is 317 g/mol. The zero-order valence-electron chi connectivity index (χ0n) is 12.0. The highest BCUT2D eigenvalue weighted by atomic mass is 79.9. The van der Waals surface area contributed by atoms with Crippen LogP contribution in [0, 0.1) is 23.6 Å². The summed E-state index contributed by atoms with van der Waals surface area (Å²) in [5, 5.41) is 3.71. The number of hydrogen-bond acceptors (Lipinski definition) is 1. The fourth-order valence-electron chi connectivity index (χ4n) is 4.08. The molecule has 0 heterocycles. The third kappa shape index (κ3) is 2.94. The van der Waals surface area contributed by atoms with Crippen LogP contribution in [0.4, 0.5) is 4.39 Å². The van der Waals surface area contributed by atoms with Crippen LogP contribution in [-0.4, -0.2) is 12.6 Å². The van der Waals surface area contributed by atoms with Crippen molar-refractivity contribution in [2.24, 2.45) is 17.8 Å². The lowest BCUT2D eigenvalue weighted by molar-refractivity contribution is 0.402. The van der Waals surface area contributed by atoms with Gasteiger partial charge in [0.1, 0.15) is 5.82 Å². The highest BCUT2D eigenvalue weighted by Crippen LogP contribution is 2.59. The lowest BCUT2D eigenvalue weighted by Crippen LogP contribution is -2.35. The fraction of sp³-hybridized carbons (Fsp3) is 0.647. The molecule has 0 radical (unpaired) electrons. The lowest BCUT2D eigenvalue weighted by atomic mass is 9.97. The Morgan fingerprint density at radius 2 is 2.10 bits per heavy atom. The summed E-state index contributed by atoms with van der Waals surface area (Å²) in [5.74, 6) is 2.58. The Labute approximate surface area is 129 Å². The molecule has 0 aliphatic heterocycles. The SMILES string of the molecule is CCCNC(Cc1cc(F)ccc1Br)C1C2CCCC21. The Bertz CT molecular complexity index is 466. The maximum Gasteiger partial charge on any atom is 0.123 e. The molecule has 2 saturated carbocycles. The number of nitrogens with one attached hydrogen (secondary N) is 1. The molecule has 1 N–H and O–H groups in total. The van der Waals surface area contributed by atoms with E-state index in [1.807, 2.05) is 6.07 Å². The maximum atomic E-state index is 13.5. The van der Waals surface area contributed by atoms with Crippen LogP contribution in [0.25, 0.3) is 0 Å². The molecule has 3 atom stereocenters. The van der Waals surface area contributed by atoms with Crippen molar-refractivity contribution >= 4 is 15.9 Å². The van der Waals surface area contributed by atoms with Gasteiger partial charge in [0.05, 0.1) is 0 Å². The van der Waals surface area contributed by atoms with Gasteiger partial charge >= 0.3 is 0 Å². The molecule has 1 aromatic carbocycles. The van der Waals surface area contributed by atoms with Crippen LogP contribution in [0.5, 0.6) is 0 Å². The first-order valence-electron chi connectivity index (χ1n) is 7.88. The van der Waals surface area contributed by atoms with E-state index in [9.17, 15) is 4.39 Å². The van der Waals surface area contributed by atoms with Crippen molar-refractivity contribution < 1.29 is 4.39 Å². The quantitative estimate of drug-likeness (QED) is 0.801. The first-order valence-corrected chi connectivity index (χ1v) is 8.67. The Hall–Kier alpha value is -0.410. The van der Waals surface area contributed by atoms with E-state index in [0.29, 0.717) is 6.04 Å². The molecule has 3 heteroatoms. The molecule has 3 rings (SSSR count). The van der Waals surface area contributed by atoms with Crippen LogP contribution in [0.15, 0.2) is 22.7 Å². The van der Waals surface area contributed by atoms with Gasteiger partial charge in [-0.1, -0.05) is 29.3 Å². The van der Waals surface area contributed by atoms with Gasteiger partial charge < -0.3 is 5.32 Å². The van der Waals surface area contributed by atoms with Gasteiger partial charge in [0.15, 0.2) is 0 Å². The highest BCUT2D eigenvalue weighted by molar-refractivity contribution is 9.10. The Morgan fingerprint density at radius 1 is 1.35 bits per heavy atom. The summed E-state index contributed by atoms with van der Waals surface area (Å²) < 4.78 is 14.5. The summed E-state index contributed by atoms with van der Waals surface area (Å²) in [6, 6.07) is 5.55. The zero-order valence-corrected chi connectivity index (χ0v) is 13.6. The summed E-state index contributed by atoms with van der Waals surface area (Å²) in [7, 11) is 0. The topological polar surface area (TPSA) is 12.0 Å². The standard InChI is InChI=1S/C17H23BrFN/c1-2-8-20-16(17-13-4-3-5-14(13)17)10-11-9-12(19)6-7-15(11)18/h6-7,9,13-14,16-17,20H,2-5,8,10H2,1H3. The normalized spacial score (nSPS) is 29.2. The lowest BCUT2D eigenvalue weighted by Gasteiger charge is -2.21. The van der Waals surface area contributed by atoms with Crippen LogP contribution in [-0.2, 0) is 6.42 Å². The van der Waals surface area contributed by atoms with Gasteiger partial charge in [0.25, 0.3) is 0 Å². The van der Waals surface area contributed by atoms with Gasteiger partial charge in [0.2, 0.25) is 0 Å².